The number of allylic oxidation sites excluding steroid dienone is 3. The molecular weight excluding hydrogens is 506 g/mol. The molecule has 3 aromatic rings. The first kappa shape index (κ1) is 25.5. The highest BCUT2D eigenvalue weighted by atomic mass is 32.2. The summed E-state index contributed by atoms with van der Waals surface area (Å²) in [5, 5.41) is 5.79. The van der Waals surface area contributed by atoms with Crippen molar-refractivity contribution in [2.75, 3.05) is 18.1 Å². The number of ketones is 1. The van der Waals surface area contributed by atoms with Gasteiger partial charge in [0.05, 0.1) is 23.1 Å². The lowest BCUT2D eigenvalue weighted by Crippen LogP contribution is -2.37. The van der Waals surface area contributed by atoms with E-state index in [1.54, 1.807) is 42.2 Å². The van der Waals surface area contributed by atoms with Gasteiger partial charge in [-0.2, -0.15) is 11.8 Å². The van der Waals surface area contributed by atoms with Gasteiger partial charge in [-0.15, -0.1) is 11.3 Å². The minimum atomic E-state index is -0.847. The topological polar surface area (TPSA) is 85.6 Å². The van der Waals surface area contributed by atoms with Gasteiger partial charge >= 0.3 is 5.97 Å². The number of carbonyl (C=O) groups excluding carboxylic acids is 2. The number of carbonyl (C=O) groups is 2. The Labute approximate surface area is 223 Å². The van der Waals surface area contributed by atoms with Gasteiger partial charge in [0.1, 0.15) is 12.2 Å². The second-order valence-electron chi connectivity index (χ2n) is 9.39. The summed E-state index contributed by atoms with van der Waals surface area (Å²) in [7, 11) is 0. The number of ether oxygens (including phenoxy) is 1. The molecule has 1 aliphatic carbocycles. The predicted octanol–water partition coefficient (Wildman–Crippen LogP) is 5.82. The number of fused-ring (bicyclic) bond motifs is 1. The molecule has 1 aliphatic heterocycles. The van der Waals surface area contributed by atoms with Crippen LogP contribution in [-0.4, -0.2) is 29.9 Å². The fraction of sp³-hybridized carbons (Fsp3) is 0.345. The normalized spacial score (nSPS) is 19.7. The highest BCUT2D eigenvalue weighted by Gasteiger charge is 2.43. The molecule has 3 heterocycles. The zero-order valence-corrected chi connectivity index (χ0v) is 22.7. The minimum Gasteiger partial charge on any atom is -0.464 e. The number of thiophene rings is 1. The van der Waals surface area contributed by atoms with Crippen LogP contribution in [0.3, 0.4) is 0 Å². The van der Waals surface area contributed by atoms with Crippen LogP contribution >= 0.6 is 23.1 Å². The van der Waals surface area contributed by atoms with E-state index in [-0.39, 0.29) is 29.3 Å². The molecule has 0 fully saturated rings. The van der Waals surface area contributed by atoms with Crippen LogP contribution in [-0.2, 0) is 14.3 Å². The molecule has 0 radical (unpaired) electrons. The van der Waals surface area contributed by atoms with Crippen LogP contribution in [0.2, 0.25) is 0 Å². The van der Waals surface area contributed by atoms with Crippen LogP contribution in [0, 0.1) is 6.92 Å². The average molecular weight is 536 g/mol. The summed E-state index contributed by atoms with van der Waals surface area (Å²) >= 11 is 3.32. The van der Waals surface area contributed by atoms with Crippen molar-refractivity contribution in [2.24, 2.45) is 0 Å². The van der Waals surface area contributed by atoms with Gasteiger partial charge in [-0.3, -0.25) is 9.59 Å². The Morgan fingerprint density at radius 3 is 2.81 bits per heavy atom. The number of thioether (sulfide) groups is 1. The Hall–Kier alpha value is -3.10. The van der Waals surface area contributed by atoms with E-state index in [1.807, 2.05) is 31.4 Å². The number of hydrogen-bond donors (Lipinski definition) is 1. The maximum Gasteiger partial charge on any atom is 0.336 e. The molecule has 0 bridgehead atoms. The third-order valence-corrected chi connectivity index (χ3v) is 8.82. The number of dihydropyridines is 1. The molecule has 1 aromatic carbocycles. The van der Waals surface area contributed by atoms with Crippen LogP contribution < -0.4 is 10.7 Å². The molecule has 192 valence electrons. The SMILES string of the molecule is CCSCCOC(=O)C1=C(C)NC2=C(C(=O)C[C@H](c3cccs3)C2)[C@H]1c1coc2ccc(C)cc2c1=O. The molecule has 5 rings (SSSR count). The number of rotatable bonds is 7. The molecule has 0 saturated carbocycles. The van der Waals surface area contributed by atoms with Gasteiger partial charge in [0.25, 0.3) is 0 Å². The maximum atomic E-state index is 13.8. The number of hydrogen-bond acceptors (Lipinski definition) is 8. The molecule has 6 nitrogen and oxygen atoms in total. The standard InChI is InChI=1S/C29H29NO5S2/c1-4-36-11-9-34-29(33)25-17(3)30-21-13-18(24-6-5-10-37-24)14-22(31)27(21)26(25)20-15-35-23-8-7-16(2)12-19(23)28(20)32/h5-8,10,12,15,18,26,30H,4,9,11,13-14H2,1-3H3/t18-,26+/m1/s1. The van der Waals surface area contributed by atoms with Crippen LogP contribution in [0.1, 0.15) is 54.5 Å². The summed E-state index contributed by atoms with van der Waals surface area (Å²) < 4.78 is 11.5. The van der Waals surface area contributed by atoms with E-state index in [2.05, 4.69) is 11.4 Å². The highest BCUT2D eigenvalue weighted by molar-refractivity contribution is 7.99. The summed E-state index contributed by atoms with van der Waals surface area (Å²) in [5.74, 6) is 0.231. The van der Waals surface area contributed by atoms with Gasteiger partial charge in [-0.1, -0.05) is 24.6 Å². The second-order valence-corrected chi connectivity index (χ2v) is 11.8. The lowest BCUT2D eigenvalue weighted by Gasteiger charge is -2.36. The van der Waals surface area contributed by atoms with Gasteiger partial charge in [-0.25, -0.2) is 4.79 Å². The highest BCUT2D eigenvalue weighted by Crippen LogP contribution is 2.46. The number of nitrogens with one attached hydrogen (secondary N) is 1. The van der Waals surface area contributed by atoms with Crippen molar-refractivity contribution < 1.29 is 18.7 Å². The smallest absolute Gasteiger partial charge is 0.336 e. The summed E-state index contributed by atoms with van der Waals surface area (Å²) in [6.45, 7) is 6.02. The lowest BCUT2D eigenvalue weighted by molar-refractivity contribution is -0.138. The Kier molecular flexibility index (Phi) is 7.40. The third kappa shape index (κ3) is 4.92. The fourth-order valence-corrected chi connectivity index (χ4v) is 6.54. The quantitative estimate of drug-likeness (QED) is 0.301. The summed E-state index contributed by atoms with van der Waals surface area (Å²) in [6.07, 6.45) is 2.36. The second kappa shape index (κ2) is 10.7. The van der Waals surface area contributed by atoms with E-state index in [4.69, 9.17) is 9.15 Å². The molecule has 0 spiro atoms. The Balaban J connectivity index is 1.62. The zero-order chi connectivity index (χ0) is 26.1. The maximum absolute atomic E-state index is 13.8. The molecule has 2 aromatic heterocycles. The molecule has 0 amide bonds. The van der Waals surface area contributed by atoms with Crippen molar-refractivity contribution in [3.05, 3.63) is 90.7 Å². The predicted molar refractivity (Wildman–Crippen MR) is 148 cm³/mol. The van der Waals surface area contributed by atoms with Gasteiger partial charge in [0.2, 0.25) is 0 Å². The van der Waals surface area contributed by atoms with E-state index in [0.717, 1.165) is 21.9 Å². The van der Waals surface area contributed by atoms with Crippen molar-refractivity contribution in [3.63, 3.8) is 0 Å². The van der Waals surface area contributed by atoms with Crippen molar-refractivity contribution in [1.82, 2.24) is 5.32 Å². The molecule has 8 heteroatoms. The van der Waals surface area contributed by atoms with Gasteiger partial charge in [-0.05, 0) is 49.6 Å². The number of benzene rings is 1. The van der Waals surface area contributed by atoms with E-state index in [0.29, 0.717) is 46.4 Å². The Morgan fingerprint density at radius 1 is 1.22 bits per heavy atom. The van der Waals surface area contributed by atoms with Crippen molar-refractivity contribution >= 4 is 45.8 Å². The fourth-order valence-electron chi connectivity index (χ4n) is 5.22. The van der Waals surface area contributed by atoms with E-state index in [9.17, 15) is 14.4 Å². The molecule has 2 aliphatic rings. The molecular formula is C29H29NO5S2. The average Bonchev–Trinajstić information content (AvgIpc) is 3.41. The summed E-state index contributed by atoms with van der Waals surface area (Å²) in [4.78, 5) is 42.1. The van der Waals surface area contributed by atoms with Crippen molar-refractivity contribution in [3.8, 4) is 0 Å². The van der Waals surface area contributed by atoms with Crippen LogP contribution in [0.5, 0.6) is 0 Å². The van der Waals surface area contributed by atoms with Gasteiger partial charge < -0.3 is 14.5 Å². The molecule has 0 unspecified atom stereocenters. The third-order valence-electron chi connectivity index (χ3n) is 6.92. The van der Waals surface area contributed by atoms with Crippen LogP contribution in [0.25, 0.3) is 11.0 Å². The van der Waals surface area contributed by atoms with E-state index in [1.165, 1.54) is 6.26 Å². The minimum absolute atomic E-state index is 0.0578. The van der Waals surface area contributed by atoms with E-state index < -0.39 is 11.9 Å². The molecule has 2 atom stereocenters. The molecule has 37 heavy (non-hydrogen) atoms. The summed E-state index contributed by atoms with van der Waals surface area (Å²) in [5.41, 5.74) is 3.56. The Morgan fingerprint density at radius 2 is 2.05 bits per heavy atom. The van der Waals surface area contributed by atoms with Crippen LogP contribution in [0.15, 0.2) is 73.7 Å². The monoisotopic (exact) mass is 535 g/mol. The number of esters is 1. The Bertz CT molecular complexity index is 1480. The molecule has 0 saturated heterocycles. The molecule has 1 N–H and O–H groups in total. The van der Waals surface area contributed by atoms with E-state index >= 15 is 0 Å². The van der Waals surface area contributed by atoms with Crippen molar-refractivity contribution in [2.45, 2.75) is 45.4 Å². The number of Topliss-reactive ketones (excluding diaryl/α,β-unsaturated/α-hetero) is 1. The largest absolute Gasteiger partial charge is 0.464 e. The zero-order valence-electron chi connectivity index (χ0n) is 21.1. The first-order valence-electron chi connectivity index (χ1n) is 12.4. The lowest BCUT2D eigenvalue weighted by atomic mass is 9.73. The van der Waals surface area contributed by atoms with Gasteiger partial charge in [0, 0.05) is 45.5 Å². The number of aryl methyl sites for hydroxylation is 1. The first-order valence-corrected chi connectivity index (χ1v) is 14.5. The first-order chi connectivity index (χ1) is 17.9. The summed E-state index contributed by atoms with van der Waals surface area (Å²) in [6, 6.07) is 9.47. The van der Waals surface area contributed by atoms with Gasteiger partial charge in [0.15, 0.2) is 11.2 Å². The van der Waals surface area contributed by atoms with Crippen LogP contribution in [0.4, 0.5) is 0 Å². The van der Waals surface area contributed by atoms with Crippen molar-refractivity contribution in [1.29, 1.82) is 0 Å².